The summed E-state index contributed by atoms with van der Waals surface area (Å²) in [5, 5.41) is 7.82. The summed E-state index contributed by atoms with van der Waals surface area (Å²) in [4.78, 5) is 6.77. The van der Waals surface area contributed by atoms with Crippen LogP contribution in [-0.4, -0.2) is 53.9 Å². The van der Waals surface area contributed by atoms with E-state index in [1.54, 1.807) is 0 Å². The Hall–Kier alpha value is -1.86. The normalized spacial score (nSPS) is 18.6. The van der Waals surface area contributed by atoms with Gasteiger partial charge in [-0.05, 0) is 17.7 Å². The van der Waals surface area contributed by atoms with E-state index >= 15 is 0 Å². The van der Waals surface area contributed by atoms with Crippen LogP contribution in [0, 0.1) is 0 Å². The lowest BCUT2D eigenvalue weighted by Crippen LogP contribution is -2.50. The molecule has 0 aliphatic carbocycles. The van der Waals surface area contributed by atoms with Gasteiger partial charge >= 0.3 is 0 Å². The Balaban J connectivity index is 1.64. The highest BCUT2D eigenvalue weighted by Crippen LogP contribution is 2.26. The number of hydrogen-bond donors (Lipinski definition) is 1. The zero-order valence-electron chi connectivity index (χ0n) is 16.4. The molecule has 0 spiro atoms. The van der Waals surface area contributed by atoms with Crippen LogP contribution in [0.3, 0.4) is 0 Å². The average molecular weight is 434 g/mol. The largest absolute Gasteiger partial charge is 0.370 e. The summed E-state index contributed by atoms with van der Waals surface area (Å²) >= 11 is 3.57. The third-order valence-corrected chi connectivity index (χ3v) is 5.46. The van der Waals surface area contributed by atoms with Gasteiger partial charge in [-0.25, -0.2) is 0 Å². The molecule has 1 aliphatic heterocycles. The second kappa shape index (κ2) is 8.44. The fourth-order valence-electron chi connectivity index (χ4n) is 3.29. The molecule has 0 radical (unpaired) electrons. The van der Waals surface area contributed by atoms with Crippen LogP contribution < -0.4 is 5.32 Å². The number of benzene rings is 1. The molecule has 27 heavy (non-hydrogen) atoms. The number of nitrogens with zero attached hydrogens (tertiary/aromatic N) is 4. The van der Waals surface area contributed by atoms with Gasteiger partial charge in [-0.1, -0.05) is 41.9 Å². The standard InChI is InChI=1S/C20H28BrN5O/c1-20(2,16-6-5-7-17(21)10-16)14-23-19(22-3)26-8-9-27-18(13-26)15-11-24-25(4)12-15/h5-7,10-12,18H,8-9,13-14H2,1-4H3,(H,22,23). The van der Waals surface area contributed by atoms with E-state index < -0.39 is 0 Å². The van der Waals surface area contributed by atoms with Crippen LogP contribution in [0.1, 0.15) is 31.1 Å². The molecule has 6 nitrogen and oxygen atoms in total. The third kappa shape index (κ3) is 4.90. The molecule has 1 fully saturated rings. The Bertz CT molecular complexity index is 801. The monoisotopic (exact) mass is 433 g/mol. The van der Waals surface area contributed by atoms with E-state index in [0.29, 0.717) is 6.61 Å². The Morgan fingerprint density at radius 3 is 2.93 bits per heavy atom. The van der Waals surface area contributed by atoms with Crippen molar-refractivity contribution in [3.63, 3.8) is 0 Å². The van der Waals surface area contributed by atoms with Gasteiger partial charge in [-0.15, -0.1) is 0 Å². The zero-order valence-corrected chi connectivity index (χ0v) is 18.0. The molecule has 1 atom stereocenters. The first-order valence-corrected chi connectivity index (χ1v) is 10.00. The molecule has 7 heteroatoms. The van der Waals surface area contributed by atoms with Crippen molar-refractivity contribution in [2.45, 2.75) is 25.4 Å². The van der Waals surface area contributed by atoms with Gasteiger partial charge in [-0.3, -0.25) is 9.67 Å². The fourth-order valence-corrected chi connectivity index (χ4v) is 3.69. The quantitative estimate of drug-likeness (QED) is 0.594. The summed E-state index contributed by atoms with van der Waals surface area (Å²) in [6.07, 6.45) is 3.91. The van der Waals surface area contributed by atoms with Crippen LogP contribution in [-0.2, 0) is 17.2 Å². The topological polar surface area (TPSA) is 54.7 Å². The number of hydrogen-bond acceptors (Lipinski definition) is 3. The number of aryl methyl sites for hydroxylation is 1. The van der Waals surface area contributed by atoms with Crippen molar-refractivity contribution in [1.82, 2.24) is 20.0 Å². The SMILES string of the molecule is CN=C(NCC(C)(C)c1cccc(Br)c1)N1CCOC(c2cnn(C)c2)C1. The van der Waals surface area contributed by atoms with Gasteiger partial charge in [0.05, 0.1) is 19.3 Å². The maximum absolute atomic E-state index is 5.95. The lowest BCUT2D eigenvalue weighted by molar-refractivity contribution is -0.00808. The molecular formula is C20H28BrN5O. The zero-order chi connectivity index (χ0) is 19.4. The van der Waals surface area contributed by atoms with E-state index in [0.717, 1.165) is 35.6 Å². The first-order chi connectivity index (χ1) is 12.9. The Morgan fingerprint density at radius 1 is 1.44 bits per heavy atom. The van der Waals surface area contributed by atoms with Crippen LogP contribution in [0.4, 0.5) is 0 Å². The molecule has 3 rings (SSSR count). The van der Waals surface area contributed by atoms with Gasteiger partial charge in [0.25, 0.3) is 0 Å². The number of aromatic nitrogens is 2. The van der Waals surface area contributed by atoms with Crippen molar-refractivity contribution < 1.29 is 4.74 Å². The molecule has 0 amide bonds. The van der Waals surface area contributed by atoms with Crippen LogP contribution in [0.25, 0.3) is 0 Å². The first kappa shape index (κ1) is 19.9. The van der Waals surface area contributed by atoms with Gasteiger partial charge in [-0.2, -0.15) is 5.10 Å². The van der Waals surface area contributed by atoms with Crippen molar-refractivity contribution in [3.05, 3.63) is 52.3 Å². The minimum absolute atomic E-state index is 0.0177. The number of morpholine rings is 1. The molecule has 1 unspecified atom stereocenters. The number of nitrogens with one attached hydrogen (secondary N) is 1. The highest BCUT2D eigenvalue weighted by Gasteiger charge is 2.27. The summed E-state index contributed by atoms with van der Waals surface area (Å²) in [7, 11) is 3.76. The number of guanidine groups is 1. The number of halogens is 1. The summed E-state index contributed by atoms with van der Waals surface area (Å²) in [6, 6.07) is 8.48. The molecule has 2 aromatic rings. The molecule has 1 aliphatic rings. The van der Waals surface area contributed by atoms with Crippen molar-refractivity contribution in [2.24, 2.45) is 12.0 Å². The molecule has 0 bridgehead atoms. The Labute approximate surface area is 169 Å². The summed E-state index contributed by atoms with van der Waals surface area (Å²) in [6.45, 7) is 7.55. The number of ether oxygens (including phenoxy) is 1. The summed E-state index contributed by atoms with van der Waals surface area (Å²) in [5.41, 5.74) is 2.37. The van der Waals surface area contributed by atoms with Crippen molar-refractivity contribution in [1.29, 1.82) is 0 Å². The van der Waals surface area contributed by atoms with Gasteiger partial charge < -0.3 is 15.0 Å². The summed E-state index contributed by atoms with van der Waals surface area (Å²) in [5.74, 6) is 0.912. The van der Waals surface area contributed by atoms with Crippen molar-refractivity contribution in [3.8, 4) is 0 Å². The highest BCUT2D eigenvalue weighted by molar-refractivity contribution is 9.10. The van der Waals surface area contributed by atoms with E-state index in [1.807, 2.05) is 31.2 Å². The highest BCUT2D eigenvalue weighted by atomic mass is 79.9. The molecule has 2 heterocycles. The molecule has 1 saturated heterocycles. The van der Waals surface area contributed by atoms with E-state index in [9.17, 15) is 0 Å². The Morgan fingerprint density at radius 2 is 2.26 bits per heavy atom. The molecule has 0 saturated carbocycles. The van der Waals surface area contributed by atoms with Crippen molar-refractivity contribution >= 4 is 21.9 Å². The maximum atomic E-state index is 5.95. The molecule has 146 valence electrons. The maximum Gasteiger partial charge on any atom is 0.193 e. The number of rotatable bonds is 4. The lowest BCUT2D eigenvalue weighted by Gasteiger charge is -2.36. The van der Waals surface area contributed by atoms with E-state index in [4.69, 9.17) is 4.74 Å². The fraction of sp³-hybridized carbons (Fsp3) is 0.500. The predicted molar refractivity (Wildman–Crippen MR) is 112 cm³/mol. The van der Waals surface area contributed by atoms with Crippen LogP contribution >= 0.6 is 15.9 Å². The minimum atomic E-state index is -0.0191. The first-order valence-electron chi connectivity index (χ1n) is 9.21. The van der Waals surface area contributed by atoms with Crippen LogP contribution in [0.2, 0.25) is 0 Å². The summed E-state index contributed by atoms with van der Waals surface area (Å²) < 4.78 is 8.86. The van der Waals surface area contributed by atoms with Crippen LogP contribution in [0.5, 0.6) is 0 Å². The van der Waals surface area contributed by atoms with E-state index in [-0.39, 0.29) is 11.5 Å². The molecular weight excluding hydrogens is 406 g/mol. The van der Waals surface area contributed by atoms with E-state index in [2.05, 4.69) is 74.4 Å². The second-order valence-corrected chi connectivity index (χ2v) is 8.46. The van der Waals surface area contributed by atoms with Gasteiger partial charge in [0.1, 0.15) is 6.10 Å². The van der Waals surface area contributed by atoms with Gasteiger partial charge in [0.15, 0.2) is 5.96 Å². The van der Waals surface area contributed by atoms with Gasteiger partial charge in [0, 0.05) is 48.8 Å². The average Bonchev–Trinajstić information content (AvgIpc) is 3.09. The Kier molecular flexibility index (Phi) is 6.22. The van der Waals surface area contributed by atoms with E-state index in [1.165, 1.54) is 5.56 Å². The molecule has 1 aromatic carbocycles. The number of aliphatic imine (C=N–C) groups is 1. The van der Waals surface area contributed by atoms with Crippen LogP contribution in [0.15, 0.2) is 46.1 Å². The molecule has 1 N–H and O–H groups in total. The van der Waals surface area contributed by atoms with Gasteiger partial charge in [0.2, 0.25) is 0 Å². The van der Waals surface area contributed by atoms with Crippen molar-refractivity contribution in [2.75, 3.05) is 33.3 Å². The predicted octanol–water partition coefficient (Wildman–Crippen LogP) is 3.11. The lowest BCUT2D eigenvalue weighted by atomic mass is 9.85. The molecule has 1 aromatic heterocycles. The smallest absolute Gasteiger partial charge is 0.193 e. The second-order valence-electron chi connectivity index (χ2n) is 7.55. The third-order valence-electron chi connectivity index (χ3n) is 4.97. The minimum Gasteiger partial charge on any atom is -0.370 e.